The summed E-state index contributed by atoms with van der Waals surface area (Å²) in [6.07, 6.45) is 0. The van der Waals surface area contributed by atoms with Crippen molar-refractivity contribution >= 4 is 22.5 Å². The predicted molar refractivity (Wildman–Crippen MR) is 93.6 cm³/mol. The fraction of sp³-hybridized carbons (Fsp3) is 0.263. The van der Waals surface area contributed by atoms with Crippen molar-refractivity contribution in [1.82, 2.24) is 9.78 Å². The zero-order valence-electron chi connectivity index (χ0n) is 13.7. The molecule has 0 saturated carbocycles. The largest absolute Gasteiger partial charge is 0.324 e. The molecule has 0 saturated heterocycles. The minimum atomic E-state index is -0.0736. The molecule has 1 aromatic heterocycles. The standard InChI is InChI=1S/C19H21N3O/c1-13(2)15-8-10-16(11-9-15)20-19(23)12-22-18-7-5-4-6-17(18)14(3)21-22/h4-11,13H,12H2,1-3H3,(H,20,23). The van der Waals surface area contributed by atoms with Crippen molar-refractivity contribution in [2.24, 2.45) is 0 Å². The van der Waals surface area contributed by atoms with E-state index in [1.54, 1.807) is 4.68 Å². The number of carbonyl (C=O) groups excluding carboxylic acids is 1. The Balaban J connectivity index is 1.73. The van der Waals surface area contributed by atoms with E-state index in [1.807, 2.05) is 55.5 Å². The van der Waals surface area contributed by atoms with Crippen molar-refractivity contribution in [3.05, 3.63) is 59.8 Å². The Morgan fingerprint density at radius 2 is 1.83 bits per heavy atom. The number of aryl methyl sites for hydroxylation is 1. The first-order chi connectivity index (χ1) is 11.0. The van der Waals surface area contributed by atoms with Gasteiger partial charge in [0.2, 0.25) is 5.91 Å². The summed E-state index contributed by atoms with van der Waals surface area (Å²) in [5, 5.41) is 8.48. The van der Waals surface area contributed by atoms with Crippen LogP contribution in [0, 0.1) is 6.92 Å². The summed E-state index contributed by atoms with van der Waals surface area (Å²) in [5.74, 6) is 0.411. The highest BCUT2D eigenvalue weighted by Gasteiger charge is 2.10. The van der Waals surface area contributed by atoms with E-state index in [0.29, 0.717) is 5.92 Å². The minimum Gasteiger partial charge on any atom is -0.324 e. The summed E-state index contributed by atoms with van der Waals surface area (Å²) in [5.41, 5.74) is 3.99. The Labute approximate surface area is 136 Å². The van der Waals surface area contributed by atoms with E-state index in [4.69, 9.17) is 0 Å². The van der Waals surface area contributed by atoms with Crippen LogP contribution in [0.25, 0.3) is 10.9 Å². The summed E-state index contributed by atoms with van der Waals surface area (Å²) in [6, 6.07) is 15.9. The van der Waals surface area contributed by atoms with Gasteiger partial charge in [0.25, 0.3) is 0 Å². The fourth-order valence-corrected chi connectivity index (χ4v) is 2.70. The highest BCUT2D eigenvalue weighted by Crippen LogP contribution is 2.19. The molecule has 23 heavy (non-hydrogen) atoms. The fourth-order valence-electron chi connectivity index (χ4n) is 2.70. The maximum atomic E-state index is 12.3. The van der Waals surface area contributed by atoms with Gasteiger partial charge in [-0.15, -0.1) is 0 Å². The Kier molecular flexibility index (Phi) is 4.15. The third kappa shape index (κ3) is 3.26. The van der Waals surface area contributed by atoms with Gasteiger partial charge in [0.05, 0.1) is 11.2 Å². The lowest BCUT2D eigenvalue weighted by Crippen LogP contribution is -2.19. The SMILES string of the molecule is Cc1nn(CC(=O)Nc2ccc(C(C)C)cc2)c2ccccc12. The molecule has 0 aliphatic rings. The van der Waals surface area contributed by atoms with Crippen LogP contribution in [0.2, 0.25) is 0 Å². The molecule has 118 valence electrons. The van der Waals surface area contributed by atoms with Gasteiger partial charge in [-0.05, 0) is 36.6 Å². The Bertz CT molecular complexity index is 831. The molecule has 0 unspecified atom stereocenters. The van der Waals surface area contributed by atoms with Crippen LogP contribution in [-0.4, -0.2) is 15.7 Å². The number of nitrogens with zero attached hydrogens (tertiary/aromatic N) is 2. The highest BCUT2D eigenvalue weighted by atomic mass is 16.2. The molecule has 0 spiro atoms. The molecule has 4 heteroatoms. The number of benzene rings is 2. The van der Waals surface area contributed by atoms with Gasteiger partial charge in [0.1, 0.15) is 6.54 Å². The molecule has 1 amide bonds. The molecule has 3 aromatic rings. The zero-order valence-corrected chi connectivity index (χ0v) is 13.7. The molecule has 1 N–H and O–H groups in total. The van der Waals surface area contributed by atoms with Crippen LogP contribution < -0.4 is 5.32 Å². The average molecular weight is 307 g/mol. The van der Waals surface area contributed by atoms with Crippen LogP contribution in [0.5, 0.6) is 0 Å². The van der Waals surface area contributed by atoms with Crippen molar-refractivity contribution in [1.29, 1.82) is 0 Å². The van der Waals surface area contributed by atoms with E-state index in [1.165, 1.54) is 5.56 Å². The Morgan fingerprint density at radius 3 is 2.52 bits per heavy atom. The van der Waals surface area contributed by atoms with E-state index >= 15 is 0 Å². The van der Waals surface area contributed by atoms with E-state index in [0.717, 1.165) is 22.3 Å². The molecule has 3 rings (SSSR count). The molecular formula is C19H21N3O. The van der Waals surface area contributed by atoms with E-state index in [-0.39, 0.29) is 12.5 Å². The average Bonchev–Trinajstić information content (AvgIpc) is 2.84. The van der Waals surface area contributed by atoms with Gasteiger partial charge in [-0.3, -0.25) is 9.48 Å². The predicted octanol–water partition coefficient (Wildman–Crippen LogP) is 4.11. The Hall–Kier alpha value is -2.62. The van der Waals surface area contributed by atoms with Gasteiger partial charge in [0, 0.05) is 11.1 Å². The third-order valence-electron chi connectivity index (χ3n) is 4.00. The molecule has 1 heterocycles. The van der Waals surface area contributed by atoms with Gasteiger partial charge in [0.15, 0.2) is 0 Å². The van der Waals surface area contributed by atoms with Crippen molar-refractivity contribution in [2.75, 3.05) is 5.32 Å². The van der Waals surface area contributed by atoms with Gasteiger partial charge < -0.3 is 5.32 Å². The number of amides is 1. The van der Waals surface area contributed by atoms with Crippen LogP contribution in [0.4, 0.5) is 5.69 Å². The number of fused-ring (bicyclic) bond motifs is 1. The van der Waals surface area contributed by atoms with Crippen molar-refractivity contribution in [3.63, 3.8) is 0 Å². The molecule has 0 aliphatic heterocycles. The van der Waals surface area contributed by atoms with Gasteiger partial charge in [-0.2, -0.15) is 5.10 Å². The minimum absolute atomic E-state index is 0.0736. The second-order valence-electron chi connectivity index (χ2n) is 6.09. The van der Waals surface area contributed by atoms with Crippen LogP contribution in [0.3, 0.4) is 0 Å². The number of hydrogen-bond acceptors (Lipinski definition) is 2. The first kappa shape index (κ1) is 15.3. The van der Waals surface area contributed by atoms with Gasteiger partial charge in [-0.1, -0.05) is 44.2 Å². The lowest BCUT2D eigenvalue weighted by molar-refractivity contribution is -0.116. The van der Waals surface area contributed by atoms with Gasteiger partial charge >= 0.3 is 0 Å². The summed E-state index contributed by atoms with van der Waals surface area (Å²) in [4.78, 5) is 12.3. The number of aromatic nitrogens is 2. The molecule has 0 radical (unpaired) electrons. The maximum absolute atomic E-state index is 12.3. The molecule has 2 aromatic carbocycles. The molecule has 0 aliphatic carbocycles. The van der Waals surface area contributed by atoms with E-state index in [2.05, 4.69) is 24.3 Å². The molecule has 4 nitrogen and oxygen atoms in total. The first-order valence-corrected chi connectivity index (χ1v) is 7.86. The summed E-state index contributed by atoms with van der Waals surface area (Å²) in [7, 11) is 0. The monoisotopic (exact) mass is 307 g/mol. The second-order valence-corrected chi connectivity index (χ2v) is 6.09. The highest BCUT2D eigenvalue weighted by molar-refractivity contribution is 5.92. The molecular weight excluding hydrogens is 286 g/mol. The van der Waals surface area contributed by atoms with E-state index in [9.17, 15) is 4.79 Å². The topological polar surface area (TPSA) is 46.9 Å². The molecule has 0 atom stereocenters. The van der Waals surface area contributed by atoms with E-state index < -0.39 is 0 Å². The van der Waals surface area contributed by atoms with Crippen LogP contribution in [0.1, 0.15) is 31.0 Å². The van der Waals surface area contributed by atoms with Crippen molar-refractivity contribution in [2.45, 2.75) is 33.2 Å². The number of rotatable bonds is 4. The number of anilines is 1. The lowest BCUT2D eigenvalue weighted by atomic mass is 10.0. The summed E-state index contributed by atoms with van der Waals surface area (Å²) >= 11 is 0. The second kappa shape index (κ2) is 6.24. The smallest absolute Gasteiger partial charge is 0.246 e. The summed E-state index contributed by atoms with van der Waals surface area (Å²) in [6.45, 7) is 6.47. The number of hydrogen-bond donors (Lipinski definition) is 1. The van der Waals surface area contributed by atoms with Gasteiger partial charge in [-0.25, -0.2) is 0 Å². The molecule has 0 bridgehead atoms. The van der Waals surface area contributed by atoms with Crippen molar-refractivity contribution in [3.8, 4) is 0 Å². The molecule has 0 fully saturated rings. The third-order valence-corrected chi connectivity index (χ3v) is 4.00. The number of nitrogens with one attached hydrogen (secondary N) is 1. The van der Waals surface area contributed by atoms with Crippen LogP contribution >= 0.6 is 0 Å². The maximum Gasteiger partial charge on any atom is 0.246 e. The lowest BCUT2D eigenvalue weighted by Gasteiger charge is -2.09. The number of carbonyl (C=O) groups is 1. The van der Waals surface area contributed by atoms with Crippen LogP contribution in [-0.2, 0) is 11.3 Å². The zero-order chi connectivity index (χ0) is 16.4. The Morgan fingerprint density at radius 1 is 1.13 bits per heavy atom. The summed E-state index contributed by atoms with van der Waals surface area (Å²) < 4.78 is 1.75. The van der Waals surface area contributed by atoms with Crippen LogP contribution in [0.15, 0.2) is 48.5 Å². The quantitative estimate of drug-likeness (QED) is 0.788. The number of para-hydroxylation sites is 1. The normalized spacial score (nSPS) is 11.1. The first-order valence-electron chi connectivity index (χ1n) is 7.86. The van der Waals surface area contributed by atoms with Crippen molar-refractivity contribution < 1.29 is 4.79 Å².